The Morgan fingerprint density at radius 1 is 1.16 bits per heavy atom. The van der Waals surface area contributed by atoms with Crippen LogP contribution in [0.1, 0.15) is 39.2 Å². The third-order valence-corrected chi connectivity index (χ3v) is 7.22. The van der Waals surface area contributed by atoms with Crippen LogP contribution in [0.15, 0.2) is 60.4 Å². The van der Waals surface area contributed by atoms with Crippen LogP contribution in [-0.2, 0) is 0 Å². The van der Waals surface area contributed by atoms with Gasteiger partial charge in [-0.1, -0.05) is 57.0 Å². The summed E-state index contributed by atoms with van der Waals surface area (Å²) in [4.78, 5) is 11.9. The molecule has 2 saturated heterocycles. The number of aromatic nitrogens is 1. The monoisotopic (exact) mass is 434 g/mol. The maximum absolute atomic E-state index is 4.64. The van der Waals surface area contributed by atoms with E-state index in [1.165, 1.54) is 28.7 Å². The zero-order valence-corrected chi connectivity index (χ0v) is 20.0. The Kier molecular flexibility index (Phi) is 6.44. The van der Waals surface area contributed by atoms with Crippen molar-refractivity contribution in [3.8, 4) is 0 Å². The van der Waals surface area contributed by atoms with Crippen LogP contribution in [0.4, 0.5) is 5.82 Å². The SMILES string of the molecule is C=C(C)S/C(=C\C(C)C)c1ccc2cnc(NC(=C)N3CC4CCC(C3)N4C)cc2c1. The first-order valence-electron chi connectivity index (χ1n) is 11.2. The number of hydrogen-bond donors (Lipinski definition) is 1. The number of pyridine rings is 1. The molecule has 31 heavy (non-hydrogen) atoms. The van der Waals surface area contributed by atoms with Gasteiger partial charge in [0.25, 0.3) is 0 Å². The zero-order chi connectivity index (χ0) is 22.1. The van der Waals surface area contributed by atoms with Gasteiger partial charge in [-0.25, -0.2) is 4.98 Å². The van der Waals surface area contributed by atoms with Gasteiger partial charge >= 0.3 is 0 Å². The molecule has 2 atom stereocenters. The zero-order valence-electron chi connectivity index (χ0n) is 19.2. The number of fused-ring (bicyclic) bond motifs is 3. The highest BCUT2D eigenvalue weighted by Crippen LogP contribution is 2.35. The minimum Gasteiger partial charge on any atom is -0.355 e. The molecule has 4 rings (SSSR count). The average Bonchev–Trinajstić information content (AvgIpc) is 2.92. The smallest absolute Gasteiger partial charge is 0.131 e. The van der Waals surface area contributed by atoms with Crippen LogP contribution in [0.5, 0.6) is 0 Å². The molecule has 2 bridgehead atoms. The lowest BCUT2D eigenvalue weighted by molar-refractivity contribution is 0.113. The number of nitrogens with one attached hydrogen (secondary N) is 1. The lowest BCUT2D eigenvalue weighted by atomic mass is 10.1. The molecule has 1 aromatic carbocycles. The Morgan fingerprint density at radius 3 is 2.52 bits per heavy atom. The molecule has 0 radical (unpaired) electrons. The van der Waals surface area contributed by atoms with Gasteiger partial charge in [0, 0.05) is 41.7 Å². The number of allylic oxidation sites excluding steroid dienone is 2. The van der Waals surface area contributed by atoms with Crippen molar-refractivity contribution >= 4 is 33.3 Å². The van der Waals surface area contributed by atoms with E-state index in [0.29, 0.717) is 18.0 Å². The summed E-state index contributed by atoms with van der Waals surface area (Å²) in [5, 5.41) is 5.79. The third-order valence-electron chi connectivity index (χ3n) is 6.28. The van der Waals surface area contributed by atoms with Gasteiger partial charge in [0.2, 0.25) is 0 Å². The van der Waals surface area contributed by atoms with E-state index in [9.17, 15) is 0 Å². The molecule has 5 heteroatoms. The second-order valence-corrected chi connectivity index (χ2v) is 10.6. The lowest BCUT2D eigenvalue weighted by Crippen LogP contribution is -2.51. The third kappa shape index (κ3) is 4.99. The van der Waals surface area contributed by atoms with Crippen molar-refractivity contribution in [1.29, 1.82) is 0 Å². The molecule has 2 aliphatic rings. The second-order valence-electron chi connectivity index (χ2n) is 9.24. The predicted octanol–water partition coefficient (Wildman–Crippen LogP) is 6.16. The number of piperazine rings is 1. The summed E-state index contributed by atoms with van der Waals surface area (Å²) in [6.07, 6.45) is 6.83. The maximum Gasteiger partial charge on any atom is 0.131 e. The van der Waals surface area contributed by atoms with E-state index in [1.54, 1.807) is 11.8 Å². The van der Waals surface area contributed by atoms with Crippen LogP contribution < -0.4 is 5.32 Å². The van der Waals surface area contributed by atoms with Crippen molar-refractivity contribution in [2.24, 2.45) is 5.92 Å². The molecule has 2 fully saturated rings. The molecule has 0 aliphatic carbocycles. The van der Waals surface area contributed by atoms with Gasteiger partial charge in [-0.2, -0.15) is 0 Å². The molecule has 3 heterocycles. The first kappa shape index (κ1) is 22.0. The summed E-state index contributed by atoms with van der Waals surface area (Å²) in [6.45, 7) is 17.0. The van der Waals surface area contributed by atoms with Crippen molar-refractivity contribution in [1.82, 2.24) is 14.8 Å². The van der Waals surface area contributed by atoms with Gasteiger partial charge < -0.3 is 10.2 Å². The quantitative estimate of drug-likeness (QED) is 0.564. The minimum absolute atomic E-state index is 0.481. The Labute approximate surface area is 191 Å². The Balaban J connectivity index is 1.54. The van der Waals surface area contributed by atoms with Gasteiger partial charge in [0.1, 0.15) is 5.82 Å². The van der Waals surface area contributed by atoms with E-state index in [4.69, 9.17) is 0 Å². The van der Waals surface area contributed by atoms with E-state index in [2.05, 4.69) is 91.4 Å². The molecule has 164 valence electrons. The van der Waals surface area contributed by atoms with Crippen LogP contribution in [0, 0.1) is 5.92 Å². The molecule has 0 saturated carbocycles. The van der Waals surface area contributed by atoms with Gasteiger partial charge in [0.05, 0.1) is 5.82 Å². The Bertz CT molecular complexity index is 1010. The Morgan fingerprint density at radius 2 is 1.87 bits per heavy atom. The number of nitrogens with zero attached hydrogens (tertiary/aromatic N) is 3. The molecular weight excluding hydrogens is 400 g/mol. The number of benzene rings is 1. The minimum atomic E-state index is 0.481. The number of hydrogen-bond acceptors (Lipinski definition) is 5. The summed E-state index contributed by atoms with van der Waals surface area (Å²) >= 11 is 1.74. The number of rotatable bonds is 7. The molecular formula is C26H34N4S. The van der Waals surface area contributed by atoms with Gasteiger partial charge in [0.15, 0.2) is 0 Å². The normalized spacial score (nSPS) is 21.7. The molecule has 1 N–H and O–H groups in total. The van der Waals surface area contributed by atoms with Crippen LogP contribution in [0.2, 0.25) is 0 Å². The molecule has 0 amide bonds. The fourth-order valence-corrected chi connectivity index (χ4v) is 5.56. The van der Waals surface area contributed by atoms with Crippen molar-refractivity contribution in [2.45, 2.75) is 45.7 Å². The van der Waals surface area contributed by atoms with Crippen LogP contribution in [0.3, 0.4) is 0 Å². The largest absolute Gasteiger partial charge is 0.355 e. The number of likely N-dealkylation sites (tertiary alicyclic amines) is 1. The fourth-order valence-electron chi connectivity index (χ4n) is 4.60. The highest BCUT2D eigenvalue weighted by molar-refractivity contribution is 8.11. The van der Waals surface area contributed by atoms with Crippen molar-refractivity contribution < 1.29 is 0 Å². The molecule has 0 spiro atoms. The first-order valence-corrected chi connectivity index (χ1v) is 12.0. The molecule has 2 aromatic rings. The fraction of sp³-hybridized carbons (Fsp3) is 0.423. The summed E-state index contributed by atoms with van der Waals surface area (Å²) < 4.78 is 0. The molecule has 2 aliphatic heterocycles. The van der Waals surface area contributed by atoms with Gasteiger partial charge in [-0.15, -0.1) is 0 Å². The van der Waals surface area contributed by atoms with Crippen molar-refractivity contribution in [2.75, 3.05) is 25.5 Å². The van der Waals surface area contributed by atoms with Crippen LogP contribution >= 0.6 is 11.8 Å². The summed E-state index contributed by atoms with van der Waals surface area (Å²) in [7, 11) is 2.26. The molecule has 4 nitrogen and oxygen atoms in total. The van der Waals surface area contributed by atoms with Crippen LogP contribution in [0.25, 0.3) is 15.7 Å². The van der Waals surface area contributed by atoms with Gasteiger partial charge in [-0.3, -0.25) is 4.90 Å². The Hall–Kier alpha value is -2.24. The standard InChI is InChI=1S/C26H34N4S/c1-17(2)11-25(31-18(3)4)20-7-8-21-14-27-26(13-22(21)12-20)28-19(5)30-15-23-9-10-24(16-30)29(23)6/h7-8,11-14,17,23-24H,3,5,9-10,15-16H2,1-2,4,6H3,(H,27,28)/b25-11-. The number of anilines is 1. The van der Waals surface area contributed by atoms with Gasteiger partial charge in [-0.05, 0) is 60.7 Å². The molecule has 1 aromatic heterocycles. The van der Waals surface area contributed by atoms with Crippen molar-refractivity contribution in [3.05, 3.63) is 66.0 Å². The summed E-state index contributed by atoms with van der Waals surface area (Å²) in [5.74, 6) is 2.28. The highest BCUT2D eigenvalue weighted by atomic mass is 32.2. The van der Waals surface area contributed by atoms with E-state index in [0.717, 1.165) is 35.0 Å². The average molecular weight is 435 g/mol. The number of likely N-dealkylation sites (N-methyl/N-ethyl adjacent to an activating group) is 1. The lowest BCUT2D eigenvalue weighted by Gasteiger charge is -2.40. The van der Waals surface area contributed by atoms with E-state index in [-0.39, 0.29) is 0 Å². The number of thioether (sulfide) groups is 1. The molecule has 2 unspecified atom stereocenters. The summed E-state index contributed by atoms with van der Waals surface area (Å²) in [5.41, 5.74) is 1.22. The predicted molar refractivity (Wildman–Crippen MR) is 136 cm³/mol. The summed E-state index contributed by atoms with van der Waals surface area (Å²) in [6, 6.07) is 10.0. The van der Waals surface area contributed by atoms with E-state index in [1.807, 2.05) is 6.20 Å². The highest BCUT2D eigenvalue weighted by Gasteiger charge is 2.37. The van der Waals surface area contributed by atoms with E-state index >= 15 is 0 Å². The first-order chi connectivity index (χ1) is 14.8. The maximum atomic E-state index is 4.64. The topological polar surface area (TPSA) is 31.4 Å². The second kappa shape index (κ2) is 9.09. The van der Waals surface area contributed by atoms with Crippen molar-refractivity contribution in [3.63, 3.8) is 0 Å². The van der Waals surface area contributed by atoms with E-state index < -0.39 is 0 Å². The van der Waals surface area contributed by atoms with Crippen LogP contribution in [-0.4, -0.2) is 47.0 Å².